The molecule has 1 fully saturated rings. The van der Waals surface area contributed by atoms with Crippen LogP contribution in [0.4, 0.5) is 14.9 Å². The van der Waals surface area contributed by atoms with Crippen molar-refractivity contribution in [2.24, 2.45) is 4.99 Å². The van der Waals surface area contributed by atoms with Crippen molar-refractivity contribution >= 4 is 34.4 Å². The summed E-state index contributed by atoms with van der Waals surface area (Å²) in [7, 11) is 0. The van der Waals surface area contributed by atoms with Crippen LogP contribution in [-0.2, 0) is 9.53 Å². The maximum atomic E-state index is 13.3. The predicted molar refractivity (Wildman–Crippen MR) is 123 cm³/mol. The molecule has 1 saturated heterocycles. The molecule has 33 heavy (non-hydrogen) atoms. The number of nitrogens with zero attached hydrogens (tertiary/aromatic N) is 3. The van der Waals surface area contributed by atoms with Gasteiger partial charge >= 0.3 is 12.0 Å². The third-order valence-electron chi connectivity index (χ3n) is 5.62. The number of carbonyl (C=O) groups is 2. The molecule has 0 unspecified atom stereocenters. The van der Waals surface area contributed by atoms with Gasteiger partial charge in [-0.3, -0.25) is 0 Å². The lowest BCUT2D eigenvalue weighted by Crippen LogP contribution is -2.48. The Morgan fingerprint density at radius 2 is 1.76 bits per heavy atom. The Hall–Kier alpha value is -4.20. The molecule has 2 amide bonds. The predicted octanol–water partition coefficient (Wildman–Crippen LogP) is 3.97. The molecule has 0 atom stereocenters. The number of hydrogen-bond donors (Lipinski definition) is 1. The number of esters is 1. The van der Waals surface area contributed by atoms with E-state index in [0.717, 1.165) is 16.3 Å². The van der Waals surface area contributed by atoms with E-state index in [9.17, 15) is 14.0 Å². The summed E-state index contributed by atoms with van der Waals surface area (Å²) < 4.78 is 18.8. The molecule has 2 aliphatic heterocycles. The molecule has 8 heteroatoms. The van der Waals surface area contributed by atoms with Crippen LogP contribution in [0.1, 0.15) is 5.56 Å². The van der Waals surface area contributed by atoms with Crippen LogP contribution in [0, 0.1) is 5.82 Å². The molecular formula is C25H21FN4O3. The van der Waals surface area contributed by atoms with Gasteiger partial charge in [-0.15, -0.1) is 0 Å². The summed E-state index contributed by atoms with van der Waals surface area (Å²) in [5.41, 5.74) is 1.41. The Morgan fingerprint density at radius 1 is 1.00 bits per heavy atom. The molecule has 2 aliphatic rings. The zero-order valence-electron chi connectivity index (χ0n) is 17.7. The second kappa shape index (κ2) is 8.74. The second-order valence-electron chi connectivity index (χ2n) is 7.81. The fourth-order valence-corrected chi connectivity index (χ4v) is 3.92. The number of halogens is 1. The average Bonchev–Trinajstić information content (AvgIpc) is 3.19. The smallest absolute Gasteiger partial charge is 0.365 e. The lowest BCUT2D eigenvalue weighted by atomic mass is 10.0. The van der Waals surface area contributed by atoms with Crippen LogP contribution in [0.15, 0.2) is 83.6 Å². The molecular weight excluding hydrogens is 423 g/mol. The lowest BCUT2D eigenvalue weighted by Gasteiger charge is -2.34. The Morgan fingerprint density at radius 3 is 2.58 bits per heavy atom. The SMILES string of the molecule is O=C1OC(c2cccc3ccccc23)=NC1=CN1CCN(C(=O)Nc2cccc(F)c2)CC1. The Labute approximate surface area is 189 Å². The lowest BCUT2D eigenvalue weighted by molar-refractivity contribution is -0.130. The van der Waals surface area contributed by atoms with Gasteiger partial charge in [-0.1, -0.05) is 42.5 Å². The van der Waals surface area contributed by atoms with Crippen molar-refractivity contribution in [3.63, 3.8) is 0 Å². The van der Waals surface area contributed by atoms with E-state index in [-0.39, 0.29) is 17.6 Å². The minimum atomic E-state index is -0.496. The number of anilines is 1. The summed E-state index contributed by atoms with van der Waals surface area (Å²) in [5, 5.41) is 4.71. The summed E-state index contributed by atoms with van der Waals surface area (Å²) in [6.45, 7) is 1.98. The molecule has 5 rings (SSSR count). The molecule has 0 spiro atoms. The molecule has 3 aromatic rings. The largest absolute Gasteiger partial charge is 0.402 e. The van der Waals surface area contributed by atoms with Crippen LogP contribution >= 0.6 is 0 Å². The van der Waals surface area contributed by atoms with E-state index in [4.69, 9.17) is 4.74 Å². The highest BCUT2D eigenvalue weighted by Crippen LogP contribution is 2.24. The van der Waals surface area contributed by atoms with E-state index in [1.165, 1.54) is 12.1 Å². The van der Waals surface area contributed by atoms with Crippen LogP contribution in [-0.4, -0.2) is 53.9 Å². The molecule has 7 nitrogen and oxygen atoms in total. The number of piperazine rings is 1. The van der Waals surface area contributed by atoms with Crippen molar-refractivity contribution in [3.8, 4) is 0 Å². The van der Waals surface area contributed by atoms with Gasteiger partial charge in [-0.05, 0) is 35.0 Å². The van der Waals surface area contributed by atoms with E-state index in [2.05, 4.69) is 10.3 Å². The number of fused-ring (bicyclic) bond motifs is 1. The average molecular weight is 444 g/mol. The van der Waals surface area contributed by atoms with Gasteiger partial charge in [0.15, 0.2) is 5.70 Å². The number of ether oxygens (including phenoxy) is 1. The van der Waals surface area contributed by atoms with Crippen molar-refractivity contribution in [3.05, 3.63) is 90.0 Å². The highest BCUT2D eigenvalue weighted by atomic mass is 19.1. The maximum Gasteiger partial charge on any atom is 0.365 e. The summed E-state index contributed by atoms with van der Waals surface area (Å²) in [5.74, 6) is -0.614. The third-order valence-corrected chi connectivity index (χ3v) is 5.62. The molecule has 2 heterocycles. The molecule has 166 valence electrons. The van der Waals surface area contributed by atoms with Crippen LogP contribution < -0.4 is 5.32 Å². The standard InChI is InChI=1S/C25H21FN4O3/c26-18-7-4-8-19(15-18)27-25(32)30-13-11-29(12-14-30)16-22-24(31)33-23(28-22)21-10-3-6-17-5-1-2-9-20(17)21/h1-10,15-16H,11-14H2,(H,27,32). The zero-order chi connectivity index (χ0) is 22.8. The van der Waals surface area contributed by atoms with Gasteiger partial charge in [0.2, 0.25) is 5.90 Å². The van der Waals surface area contributed by atoms with Gasteiger partial charge in [-0.2, -0.15) is 0 Å². The number of cyclic esters (lactones) is 1. The van der Waals surface area contributed by atoms with Gasteiger partial charge in [0.1, 0.15) is 5.82 Å². The minimum absolute atomic E-state index is 0.232. The molecule has 0 saturated carbocycles. The number of amides is 2. The Kier molecular flexibility index (Phi) is 5.48. The van der Waals surface area contributed by atoms with Crippen molar-refractivity contribution in [1.29, 1.82) is 0 Å². The number of nitrogens with one attached hydrogen (secondary N) is 1. The molecule has 0 bridgehead atoms. The number of hydrogen-bond acceptors (Lipinski definition) is 5. The zero-order valence-corrected chi connectivity index (χ0v) is 17.7. The van der Waals surface area contributed by atoms with Gasteiger partial charge < -0.3 is 19.9 Å². The molecule has 0 aliphatic carbocycles. The van der Waals surface area contributed by atoms with Crippen molar-refractivity contribution in [2.75, 3.05) is 31.5 Å². The number of benzene rings is 3. The van der Waals surface area contributed by atoms with Crippen LogP contribution in [0.25, 0.3) is 10.8 Å². The summed E-state index contributed by atoms with van der Waals surface area (Å²) >= 11 is 0. The van der Waals surface area contributed by atoms with E-state index in [1.807, 2.05) is 47.4 Å². The quantitative estimate of drug-likeness (QED) is 0.490. The highest BCUT2D eigenvalue weighted by molar-refractivity contribution is 6.16. The van der Waals surface area contributed by atoms with E-state index >= 15 is 0 Å². The molecule has 3 aromatic carbocycles. The van der Waals surface area contributed by atoms with E-state index in [1.54, 1.807) is 23.2 Å². The van der Waals surface area contributed by atoms with Gasteiger partial charge in [0.05, 0.1) is 0 Å². The third kappa shape index (κ3) is 4.41. The first-order chi connectivity index (χ1) is 16.1. The fraction of sp³-hybridized carbons (Fsp3) is 0.160. The summed E-state index contributed by atoms with van der Waals surface area (Å²) in [4.78, 5) is 32.9. The number of rotatable bonds is 3. The van der Waals surface area contributed by atoms with Crippen molar-refractivity contribution in [2.45, 2.75) is 0 Å². The Balaban J connectivity index is 1.25. The first kappa shape index (κ1) is 20.7. The van der Waals surface area contributed by atoms with Crippen molar-refractivity contribution in [1.82, 2.24) is 9.80 Å². The van der Waals surface area contributed by atoms with Gasteiger partial charge in [0, 0.05) is 43.6 Å². The molecule has 1 N–H and O–H groups in total. The number of urea groups is 1. The van der Waals surface area contributed by atoms with Crippen LogP contribution in [0.2, 0.25) is 0 Å². The summed E-state index contributed by atoms with van der Waals surface area (Å²) in [6.07, 6.45) is 1.68. The highest BCUT2D eigenvalue weighted by Gasteiger charge is 2.27. The van der Waals surface area contributed by atoms with E-state index in [0.29, 0.717) is 31.9 Å². The number of aliphatic imine (C=N–C) groups is 1. The van der Waals surface area contributed by atoms with Crippen molar-refractivity contribution < 1.29 is 18.7 Å². The minimum Gasteiger partial charge on any atom is -0.402 e. The van der Waals surface area contributed by atoms with E-state index < -0.39 is 11.8 Å². The number of carbonyl (C=O) groups excluding carboxylic acids is 2. The topological polar surface area (TPSA) is 74.2 Å². The molecule has 0 radical (unpaired) electrons. The fourth-order valence-electron chi connectivity index (χ4n) is 3.92. The first-order valence-electron chi connectivity index (χ1n) is 10.6. The normalized spacial score (nSPS) is 17.3. The Bertz CT molecular complexity index is 1290. The summed E-state index contributed by atoms with van der Waals surface area (Å²) in [6, 6.07) is 19.1. The first-order valence-corrected chi connectivity index (χ1v) is 10.6. The van der Waals surface area contributed by atoms with Gasteiger partial charge in [-0.25, -0.2) is 19.0 Å². The second-order valence-corrected chi connectivity index (χ2v) is 7.81. The van der Waals surface area contributed by atoms with Crippen LogP contribution in [0.3, 0.4) is 0 Å². The monoisotopic (exact) mass is 444 g/mol. The van der Waals surface area contributed by atoms with Gasteiger partial charge in [0.25, 0.3) is 0 Å². The maximum absolute atomic E-state index is 13.3. The molecule has 0 aromatic heterocycles. The van der Waals surface area contributed by atoms with Crippen LogP contribution in [0.5, 0.6) is 0 Å².